The molecule has 20 heavy (non-hydrogen) atoms. The number of rotatable bonds is 4. The van der Waals surface area contributed by atoms with E-state index in [2.05, 4.69) is 20.2 Å². The fourth-order valence-electron chi connectivity index (χ4n) is 1.44. The lowest BCUT2D eigenvalue weighted by atomic mass is 10.4. The zero-order chi connectivity index (χ0) is 14.9. The maximum Gasteiger partial charge on any atom is 0.344 e. The Morgan fingerprint density at radius 2 is 2.25 bits per heavy atom. The molecule has 0 unspecified atom stereocenters. The molecule has 0 radical (unpaired) electrons. The van der Waals surface area contributed by atoms with Crippen LogP contribution in [-0.4, -0.2) is 29.7 Å². The average Bonchev–Trinajstić information content (AvgIpc) is 2.70. The lowest BCUT2D eigenvalue weighted by Crippen LogP contribution is -2.19. The summed E-state index contributed by atoms with van der Waals surface area (Å²) in [6.45, 7) is 3.59. The van der Waals surface area contributed by atoms with E-state index in [9.17, 15) is 14.9 Å². The van der Waals surface area contributed by atoms with E-state index in [-0.39, 0.29) is 27.2 Å². The Balaban J connectivity index is 2.47. The van der Waals surface area contributed by atoms with E-state index >= 15 is 0 Å². The molecule has 2 aromatic rings. The van der Waals surface area contributed by atoms with Crippen molar-refractivity contribution >= 4 is 29.1 Å². The predicted octanol–water partition coefficient (Wildman–Crippen LogP) is 1.66. The second-order valence-electron chi connectivity index (χ2n) is 3.96. The van der Waals surface area contributed by atoms with E-state index in [4.69, 9.17) is 11.6 Å². The number of aromatic amines is 1. The van der Waals surface area contributed by atoms with Gasteiger partial charge in [0.05, 0.1) is 4.92 Å². The molecule has 0 aliphatic heterocycles. The number of nitrogens with zero attached hydrogens (tertiary/aromatic N) is 5. The molecule has 0 saturated carbocycles. The standard InChI is InChI=1S/C9H9ClN6O3S/c1-4(2)15-8(17)13-14-9(15)20-6-5(16(18)19)3-11-7(10)12-6/h3-4H,1-2H3,(H,13,17). The van der Waals surface area contributed by atoms with Crippen LogP contribution in [0.1, 0.15) is 19.9 Å². The molecule has 1 N–H and O–H groups in total. The molecule has 0 atom stereocenters. The van der Waals surface area contributed by atoms with Gasteiger partial charge in [-0.05, 0) is 37.2 Å². The molecule has 0 saturated heterocycles. The van der Waals surface area contributed by atoms with Gasteiger partial charge in [0.25, 0.3) is 0 Å². The van der Waals surface area contributed by atoms with Gasteiger partial charge in [-0.2, -0.15) is 0 Å². The number of nitro groups is 1. The molecule has 11 heteroatoms. The third kappa shape index (κ3) is 2.80. The van der Waals surface area contributed by atoms with Crippen molar-refractivity contribution in [2.75, 3.05) is 0 Å². The summed E-state index contributed by atoms with van der Waals surface area (Å²) in [4.78, 5) is 29.3. The zero-order valence-corrected chi connectivity index (χ0v) is 12.0. The number of nitrogens with one attached hydrogen (secondary N) is 1. The molecule has 0 aromatic carbocycles. The first-order chi connectivity index (χ1) is 9.40. The van der Waals surface area contributed by atoms with Gasteiger partial charge in [-0.15, -0.1) is 5.10 Å². The topological polar surface area (TPSA) is 120 Å². The summed E-state index contributed by atoms with van der Waals surface area (Å²) in [5, 5.41) is 17.2. The Morgan fingerprint density at radius 1 is 1.55 bits per heavy atom. The van der Waals surface area contributed by atoms with Gasteiger partial charge in [0.2, 0.25) is 5.28 Å². The van der Waals surface area contributed by atoms with Gasteiger partial charge < -0.3 is 0 Å². The molecule has 0 fully saturated rings. The highest BCUT2D eigenvalue weighted by molar-refractivity contribution is 7.99. The van der Waals surface area contributed by atoms with Crippen LogP contribution in [0.2, 0.25) is 5.28 Å². The Morgan fingerprint density at radius 3 is 2.85 bits per heavy atom. The molecule has 106 valence electrons. The summed E-state index contributed by atoms with van der Waals surface area (Å²) in [6, 6.07) is -0.153. The van der Waals surface area contributed by atoms with Crippen molar-refractivity contribution in [2.24, 2.45) is 0 Å². The predicted molar refractivity (Wildman–Crippen MR) is 71.1 cm³/mol. The van der Waals surface area contributed by atoms with Crippen molar-refractivity contribution in [1.82, 2.24) is 24.7 Å². The number of halogens is 1. The van der Waals surface area contributed by atoms with E-state index in [1.807, 2.05) is 0 Å². The molecule has 2 heterocycles. The molecule has 0 amide bonds. The third-order valence-corrected chi connectivity index (χ3v) is 3.43. The van der Waals surface area contributed by atoms with Crippen LogP contribution < -0.4 is 5.69 Å². The van der Waals surface area contributed by atoms with E-state index < -0.39 is 10.6 Å². The van der Waals surface area contributed by atoms with Crippen molar-refractivity contribution < 1.29 is 4.92 Å². The fourth-order valence-corrected chi connectivity index (χ4v) is 2.65. The normalized spacial score (nSPS) is 11.0. The molecule has 0 aliphatic rings. The van der Waals surface area contributed by atoms with Crippen LogP contribution in [0.15, 0.2) is 21.2 Å². The van der Waals surface area contributed by atoms with Gasteiger partial charge in [0.15, 0.2) is 10.2 Å². The monoisotopic (exact) mass is 316 g/mol. The number of H-pyrrole nitrogens is 1. The van der Waals surface area contributed by atoms with Crippen LogP contribution in [-0.2, 0) is 0 Å². The summed E-state index contributed by atoms with van der Waals surface area (Å²) < 4.78 is 1.37. The Hall–Kier alpha value is -1.94. The average molecular weight is 317 g/mol. The van der Waals surface area contributed by atoms with Crippen molar-refractivity contribution in [2.45, 2.75) is 30.1 Å². The zero-order valence-electron chi connectivity index (χ0n) is 10.4. The second-order valence-corrected chi connectivity index (χ2v) is 5.26. The maximum absolute atomic E-state index is 11.6. The summed E-state index contributed by atoms with van der Waals surface area (Å²) >= 11 is 6.52. The lowest BCUT2D eigenvalue weighted by molar-refractivity contribution is -0.388. The third-order valence-electron chi connectivity index (χ3n) is 2.28. The number of hydrogen-bond donors (Lipinski definition) is 1. The van der Waals surface area contributed by atoms with Gasteiger partial charge >= 0.3 is 11.4 Å². The quantitative estimate of drug-likeness (QED) is 0.394. The Labute approximate surface area is 121 Å². The van der Waals surface area contributed by atoms with E-state index in [0.717, 1.165) is 18.0 Å². The van der Waals surface area contributed by atoms with Gasteiger partial charge in [0.1, 0.15) is 6.20 Å². The van der Waals surface area contributed by atoms with E-state index in [1.165, 1.54) is 4.57 Å². The first-order valence-corrected chi connectivity index (χ1v) is 6.61. The number of hydrogen-bond acceptors (Lipinski definition) is 7. The summed E-state index contributed by atoms with van der Waals surface area (Å²) in [5.74, 6) is 0. The van der Waals surface area contributed by atoms with Crippen molar-refractivity contribution in [1.29, 1.82) is 0 Å². The lowest BCUT2D eigenvalue weighted by Gasteiger charge is -2.07. The summed E-state index contributed by atoms with van der Waals surface area (Å²) in [7, 11) is 0. The Bertz CT molecular complexity index is 712. The van der Waals surface area contributed by atoms with E-state index in [1.54, 1.807) is 13.8 Å². The minimum Gasteiger partial charge on any atom is -0.267 e. The first kappa shape index (κ1) is 14.5. The van der Waals surface area contributed by atoms with Crippen LogP contribution >= 0.6 is 23.4 Å². The van der Waals surface area contributed by atoms with Crippen LogP contribution in [0.4, 0.5) is 5.69 Å². The molecular formula is C9H9ClN6O3S. The van der Waals surface area contributed by atoms with Crippen molar-refractivity contribution in [3.05, 3.63) is 32.1 Å². The molecule has 0 aliphatic carbocycles. The van der Waals surface area contributed by atoms with Gasteiger partial charge in [-0.1, -0.05) is 0 Å². The number of aromatic nitrogens is 5. The molecule has 0 bridgehead atoms. The molecule has 2 aromatic heterocycles. The molecule has 9 nitrogen and oxygen atoms in total. The van der Waals surface area contributed by atoms with Crippen LogP contribution in [0.5, 0.6) is 0 Å². The summed E-state index contributed by atoms with van der Waals surface area (Å²) in [5.41, 5.74) is -0.699. The van der Waals surface area contributed by atoms with Crippen LogP contribution in [0.3, 0.4) is 0 Å². The smallest absolute Gasteiger partial charge is 0.267 e. The molecule has 2 rings (SSSR count). The highest BCUT2D eigenvalue weighted by Crippen LogP contribution is 2.32. The summed E-state index contributed by atoms with van der Waals surface area (Å²) in [6.07, 6.45) is 1.02. The SMILES string of the molecule is CC(C)n1c(Sc2nc(Cl)ncc2[N+](=O)[O-])n[nH]c1=O. The van der Waals surface area contributed by atoms with Crippen LogP contribution in [0.25, 0.3) is 0 Å². The molecular weight excluding hydrogens is 308 g/mol. The van der Waals surface area contributed by atoms with E-state index in [0.29, 0.717) is 0 Å². The second kappa shape index (κ2) is 5.59. The highest BCUT2D eigenvalue weighted by Gasteiger charge is 2.22. The first-order valence-electron chi connectivity index (χ1n) is 5.42. The van der Waals surface area contributed by atoms with Gasteiger partial charge in [0, 0.05) is 6.04 Å². The van der Waals surface area contributed by atoms with Gasteiger partial charge in [-0.25, -0.2) is 19.9 Å². The minimum absolute atomic E-state index is 0.0240. The van der Waals surface area contributed by atoms with Crippen molar-refractivity contribution in [3.8, 4) is 0 Å². The van der Waals surface area contributed by atoms with Gasteiger partial charge in [-0.3, -0.25) is 14.7 Å². The van der Waals surface area contributed by atoms with Crippen LogP contribution in [0, 0.1) is 10.1 Å². The fraction of sp³-hybridized carbons (Fsp3) is 0.333. The minimum atomic E-state index is -0.622. The Kier molecular flexibility index (Phi) is 4.04. The molecule has 0 spiro atoms. The highest BCUT2D eigenvalue weighted by atomic mass is 35.5. The van der Waals surface area contributed by atoms with Crippen molar-refractivity contribution in [3.63, 3.8) is 0 Å². The largest absolute Gasteiger partial charge is 0.344 e. The maximum atomic E-state index is 11.6.